The predicted octanol–water partition coefficient (Wildman–Crippen LogP) is 2.82. The van der Waals surface area contributed by atoms with Crippen LogP contribution in [0.3, 0.4) is 0 Å². The van der Waals surface area contributed by atoms with E-state index in [0.717, 1.165) is 35.9 Å². The van der Waals surface area contributed by atoms with Crippen molar-refractivity contribution in [3.63, 3.8) is 0 Å². The summed E-state index contributed by atoms with van der Waals surface area (Å²) in [6.07, 6.45) is 1.86. The zero-order chi connectivity index (χ0) is 16.7. The summed E-state index contributed by atoms with van der Waals surface area (Å²) >= 11 is 0. The minimum absolute atomic E-state index is 0.199. The van der Waals surface area contributed by atoms with Gasteiger partial charge in [0.2, 0.25) is 5.65 Å². The second-order valence-corrected chi connectivity index (χ2v) is 6.62. The molecule has 0 saturated carbocycles. The van der Waals surface area contributed by atoms with E-state index in [-0.39, 0.29) is 6.10 Å². The molecule has 0 spiro atoms. The van der Waals surface area contributed by atoms with Crippen LogP contribution < -0.4 is 9.64 Å². The molecule has 1 saturated heterocycles. The van der Waals surface area contributed by atoms with Crippen LogP contribution >= 0.6 is 0 Å². The van der Waals surface area contributed by atoms with E-state index < -0.39 is 0 Å². The minimum Gasteiger partial charge on any atom is -0.486 e. The van der Waals surface area contributed by atoms with Gasteiger partial charge in [-0.3, -0.25) is 0 Å². The van der Waals surface area contributed by atoms with Crippen LogP contribution in [0.4, 0.5) is 5.69 Å². The maximum absolute atomic E-state index is 6.10. The fourth-order valence-corrected chi connectivity index (χ4v) is 2.92. The summed E-state index contributed by atoms with van der Waals surface area (Å²) in [6.45, 7) is 8.05. The number of aromatic nitrogens is 4. The van der Waals surface area contributed by atoms with E-state index in [4.69, 9.17) is 4.74 Å². The van der Waals surface area contributed by atoms with Crippen LogP contribution in [-0.2, 0) is 0 Å². The standard InChI is InChI=1S/C18H21N5O/c1-12(2)15-8-16(18-20-19-11-23(18)21-15)22-9-14(10-22)24-17-7-5-4-6-13(17)3/h4-8,11-12,14H,9-10H2,1-3H3. The summed E-state index contributed by atoms with van der Waals surface area (Å²) in [5.41, 5.74) is 4.09. The summed E-state index contributed by atoms with van der Waals surface area (Å²) < 4.78 is 7.87. The van der Waals surface area contributed by atoms with E-state index in [1.807, 2.05) is 18.2 Å². The van der Waals surface area contributed by atoms with Gasteiger partial charge in [-0.25, -0.2) is 0 Å². The molecule has 2 aromatic heterocycles. The molecule has 3 heterocycles. The van der Waals surface area contributed by atoms with Crippen molar-refractivity contribution in [2.45, 2.75) is 32.8 Å². The molecule has 0 aliphatic carbocycles. The summed E-state index contributed by atoms with van der Waals surface area (Å²) in [5, 5.41) is 12.8. The lowest BCUT2D eigenvalue weighted by Gasteiger charge is -2.40. The van der Waals surface area contributed by atoms with Gasteiger partial charge in [0.25, 0.3) is 0 Å². The molecule has 6 heteroatoms. The van der Waals surface area contributed by atoms with Crippen molar-refractivity contribution >= 4 is 11.3 Å². The van der Waals surface area contributed by atoms with Gasteiger partial charge in [0, 0.05) is 0 Å². The molecule has 3 aromatic rings. The molecule has 1 aliphatic heterocycles. The molecule has 1 fully saturated rings. The molecule has 4 rings (SSSR count). The number of anilines is 1. The van der Waals surface area contributed by atoms with Crippen LogP contribution in [0.1, 0.15) is 31.0 Å². The van der Waals surface area contributed by atoms with Crippen molar-refractivity contribution in [1.82, 2.24) is 19.8 Å². The van der Waals surface area contributed by atoms with E-state index in [1.165, 1.54) is 5.56 Å². The third kappa shape index (κ3) is 2.58. The van der Waals surface area contributed by atoms with Crippen molar-refractivity contribution in [1.29, 1.82) is 0 Å². The van der Waals surface area contributed by atoms with Crippen LogP contribution in [0, 0.1) is 6.92 Å². The Morgan fingerprint density at radius 2 is 2.00 bits per heavy atom. The molecule has 6 nitrogen and oxygen atoms in total. The van der Waals surface area contributed by atoms with Gasteiger partial charge in [0.15, 0.2) is 0 Å². The Morgan fingerprint density at radius 3 is 2.75 bits per heavy atom. The topological polar surface area (TPSA) is 55.5 Å². The molecule has 0 N–H and O–H groups in total. The van der Waals surface area contributed by atoms with Gasteiger partial charge in [-0.15, -0.1) is 10.2 Å². The van der Waals surface area contributed by atoms with Crippen molar-refractivity contribution in [2.24, 2.45) is 0 Å². The summed E-state index contributed by atoms with van der Waals surface area (Å²) in [4.78, 5) is 2.28. The number of rotatable bonds is 4. The number of nitrogens with zero attached hydrogens (tertiary/aromatic N) is 5. The Morgan fingerprint density at radius 1 is 1.21 bits per heavy atom. The molecule has 0 amide bonds. The third-order valence-corrected chi connectivity index (χ3v) is 4.43. The fraction of sp³-hybridized carbons (Fsp3) is 0.389. The highest BCUT2D eigenvalue weighted by molar-refractivity contribution is 5.69. The van der Waals surface area contributed by atoms with Crippen LogP contribution in [-0.4, -0.2) is 39.0 Å². The highest BCUT2D eigenvalue weighted by atomic mass is 16.5. The first-order chi connectivity index (χ1) is 11.6. The lowest BCUT2D eigenvalue weighted by atomic mass is 10.1. The Kier molecular flexibility index (Phi) is 3.59. The number of fused-ring (bicyclic) bond motifs is 1. The van der Waals surface area contributed by atoms with Gasteiger partial charge in [-0.1, -0.05) is 32.0 Å². The van der Waals surface area contributed by atoms with E-state index in [0.29, 0.717) is 5.92 Å². The fourth-order valence-electron chi connectivity index (χ4n) is 2.92. The highest BCUT2D eigenvalue weighted by Gasteiger charge is 2.31. The molecular weight excluding hydrogens is 302 g/mol. The average molecular weight is 323 g/mol. The quantitative estimate of drug-likeness (QED) is 0.739. The van der Waals surface area contributed by atoms with Gasteiger partial charge in [0.05, 0.1) is 24.5 Å². The Balaban J connectivity index is 1.53. The molecule has 0 atom stereocenters. The zero-order valence-electron chi connectivity index (χ0n) is 14.2. The number of benzene rings is 1. The molecule has 0 radical (unpaired) electrons. The normalized spacial score (nSPS) is 15.1. The molecule has 1 aliphatic rings. The van der Waals surface area contributed by atoms with Gasteiger partial charge in [0.1, 0.15) is 18.2 Å². The van der Waals surface area contributed by atoms with E-state index in [9.17, 15) is 0 Å². The second kappa shape index (κ2) is 5.78. The lowest BCUT2D eigenvalue weighted by Crippen LogP contribution is -2.54. The maximum Gasteiger partial charge on any atom is 0.200 e. The van der Waals surface area contributed by atoms with Crippen LogP contribution in [0.5, 0.6) is 5.75 Å². The second-order valence-electron chi connectivity index (χ2n) is 6.62. The predicted molar refractivity (Wildman–Crippen MR) is 92.7 cm³/mol. The first-order valence-electron chi connectivity index (χ1n) is 8.30. The van der Waals surface area contributed by atoms with Crippen molar-refractivity contribution < 1.29 is 4.74 Å². The summed E-state index contributed by atoms with van der Waals surface area (Å²) in [6, 6.07) is 10.3. The van der Waals surface area contributed by atoms with Gasteiger partial charge >= 0.3 is 0 Å². The Hall–Kier alpha value is -2.63. The largest absolute Gasteiger partial charge is 0.486 e. The van der Waals surface area contributed by atoms with Crippen LogP contribution in [0.2, 0.25) is 0 Å². The molecule has 0 bridgehead atoms. The van der Waals surface area contributed by atoms with Crippen molar-refractivity contribution in [3.8, 4) is 5.75 Å². The maximum atomic E-state index is 6.10. The number of para-hydroxylation sites is 1. The van der Waals surface area contributed by atoms with E-state index in [2.05, 4.69) is 53.1 Å². The zero-order valence-corrected chi connectivity index (χ0v) is 14.2. The minimum atomic E-state index is 0.199. The van der Waals surface area contributed by atoms with Crippen LogP contribution in [0.25, 0.3) is 5.65 Å². The van der Waals surface area contributed by atoms with Gasteiger partial charge in [-0.05, 0) is 30.5 Å². The number of hydrogen-bond acceptors (Lipinski definition) is 5. The summed E-state index contributed by atoms with van der Waals surface area (Å²) in [5.74, 6) is 1.32. The SMILES string of the molecule is Cc1ccccc1OC1CN(c2cc(C(C)C)nn3cnnc23)C1. The smallest absolute Gasteiger partial charge is 0.200 e. The molecule has 1 aromatic carbocycles. The van der Waals surface area contributed by atoms with E-state index in [1.54, 1.807) is 10.8 Å². The highest BCUT2D eigenvalue weighted by Crippen LogP contribution is 2.29. The number of aryl methyl sites for hydroxylation is 1. The molecule has 124 valence electrons. The van der Waals surface area contributed by atoms with Crippen LogP contribution in [0.15, 0.2) is 36.7 Å². The van der Waals surface area contributed by atoms with E-state index >= 15 is 0 Å². The Labute approximate surface area is 141 Å². The Bertz CT molecular complexity index is 867. The van der Waals surface area contributed by atoms with Gasteiger partial charge in [-0.2, -0.15) is 9.61 Å². The first-order valence-corrected chi connectivity index (χ1v) is 8.30. The lowest BCUT2D eigenvalue weighted by molar-refractivity contribution is 0.166. The van der Waals surface area contributed by atoms with Crippen molar-refractivity contribution in [2.75, 3.05) is 18.0 Å². The number of hydrogen-bond donors (Lipinski definition) is 0. The summed E-state index contributed by atoms with van der Waals surface area (Å²) in [7, 11) is 0. The molecule has 0 unspecified atom stereocenters. The van der Waals surface area contributed by atoms with Crippen molar-refractivity contribution in [3.05, 3.63) is 47.9 Å². The third-order valence-electron chi connectivity index (χ3n) is 4.43. The monoisotopic (exact) mass is 323 g/mol. The average Bonchev–Trinajstić information content (AvgIpc) is 3.00. The number of ether oxygens (including phenoxy) is 1. The molecule has 24 heavy (non-hydrogen) atoms. The first kappa shape index (κ1) is 14.9. The van der Waals surface area contributed by atoms with Gasteiger partial charge < -0.3 is 9.64 Å². The molecular formula is C18H21N5O.